The molecule has 3 aliphatic heterocycles. The van der Waals surface area contributed by atoms with E-state index in [1.807, 2.05) is 58.3 Å². The Morgan fingerprint density at radius 2 is 1.69 bits per heavy atom. The van der Waals surface area contributed by atoms with Gasteiger partial charge in [0.2, 0.25) is 5.79 Å². The zero-order chi connectivity index (χ0) is 49.4. The molecule has 14 heteroatoms. The van der Waals surface area contributed by atoms with E-state index < -0.39 is 77.8 Å². The molecule has 1 aromatic heterocycles. The number of carbonyl (C=O) groups excluding carboxylic acids is 4. The van der Waals surface area contributed by atoms with Crippen LogP contribution in [-0.4, -0.2) is 125 Å². The molecule has 2 aromatic rings. The largest absolute Gasteiger partial charge is 0.488 e. The Labute approximate surface area is 403 Å². The van der Waals surface area contributed by atoms with Crippen molar-refractivity contribution in [2.24, 2.45) is 36.6 Å². The van der Waals surface area contributed by atoms with Crippen molar-refractivity contribution in [2.45, 2.75) is 167 Å². The van der Waals surface area contributed by atoms with Gasteiger partial charge in [-0.25, -0.2) is 4.79 Å². The van der Waals surface area contributed by atoms with Gasteiger partial charge in [0.25, 0.3) is 11.7 Å². The van der Waals surface area contributed by atoms with E-state index in [2.05, 4.69) is 30.2 Å². The van der Waals surface area contributed by atoms with Gasteiger partial charge < -0.3 is 48.1 Å². The number of ether oxygens (including phenoxy) is 6. The number of aromatic nitrogens is 1. The van der Waals surface area contributed by atoms with Crippen molar-refractivity contribution in [2.75, 3.05) is 27.4 Å². The number of cyclic esters (lactones) is 1. The molecule has 1 aliphatic carbocycles. The third-order valence-corrected chi connectivity index (χ3v) is 15.1. The van der Waals surface area contributed by atoms with Crippen molar-refractivity contribution in [3.05, 3.63) is 66.4 Å². The monoisotopic (exact) mass is 947 g/mol. The van der Waals surface area contributed by atoms with E-state index in [0.29, 0.717) is 57.1 Å². The average molecular weight is 947 g/mol. The highest BCUT2D eigenvalue weighted by Crippen LogP contribution is 2.40. The highest BCUT2D eigenvalue weighted by molar-refractivity contribution is 6.39. The number of nitrogens with zero attached hydrogens (tertiary/aromatic N) is 2. The van der Waals surface area contributed by atoms with Gasteiger partial charge in [-0.15, -0.1) is 6.58 Å². The standard InChI is InChI=1S/C54H78N2O12/c1-11-23-65-46-29-37(16-19-45(46)66-40-17-18-41-39(30-40)20-22-55(41)8)27-34(5)49-36(7)43(57)31-44(58)38(12-2)25-32(3)24-33(4)26-47(63-9)50-48(64-10)28-35(6)54(62,68-50)51(59)52(60)56-21-14-13-15-42(56)53(61)67-49/h11,17-18,20,22,25,27,30,33,35-38,42-43,45-50,57,62H,1,12-16,19,21,23-24,26,28-29,31H2,2-10H3/b32-25+,34-27?. The molecule has 14 nitrogen and oxygen atoms in total. The van der Waals surface area contributed by atoms with E-state index in [-0.39, 0.29) is 55.6 Å². The average Bonchev–Trinajstić information content (AvgIpc) is 3.70. The van der Waals surface area contributed by atoms with E-state index >= 15 is 0 Å². The number of aryl methyl sites for hydroxylation is 1. The summed E-state index contributed by atoms with van der Waals surface area (Å²) in [6.45, 7) is 15.6. The van der Waals surface area contributed by atoms with Crippen molar-refractivity contribution in [1.82, 2.24) is 9.47 Å². The van der Waals surface area contributed by atoms with Gasteiger partial charge in [0.15, 0.2) is 0 Å². The summed E-state index contributed by atoms with van der Waals surface area (Å²) in [6, 6.07) is 6.97. The molecule has 1 amide bonds. The van der Waals surface area contributed by atoms with Crippen molar-refractivity contribution >= 4 is 34.3 Å². The number of hydrogen-bond acceptors (Lipinski definition) is 12. The predicted octanol–water partition coefficient (Wildman–Crippen LogP) is 7.61. The summed E-state index contributed by atoms with van der Waals surface area (Å²) in [5.74, 6) is -6.81. The maximum atomic E-state index is 14.6. The molecule has 68 heavy (non-hydrogen) atoms. The van der Waals surface area contributed by atoms with Crippen molar-refractivity contribution in [3.8, 4) is 5.75 Å². The number of carbonyl (C=O) groups is 4. The van der Waals surface area contributed by atoms with E-state index in [0.717, 1.165) is 28.6 Å². The molecule has 0 radical (unpaired) electrons. The first kappa shape index (κ1) is 53.2. The number of ketones is 2. The number of aliphatic hydroxyl groups excluding tert-OH is 1. The fourth-order valence-electron chi connectivity index (χ4n) is 11.1. The lowest BCUT2D eigenvalue weighted by molar-refractivity contribution is -0.302. The molecule has 4 heterocycles. The Hall–Kier alpha value is -4.18. The number of methoxy groups -OCH3 is 2. The van der Waals surface area contributed by atoms with E-state index in [1.165, 1.54) is 19.1 Å². The Bertz CT molecular complexity index is 2150. The molecular weight excluding hydrogens is 869 g/mol. The number of piperidine rings is 1. The van der Waals surface area contributed by atoms with Crippen LogP contribution in [0.15, 0.2) is 66.4 Å². The zero-order valence-corrected chi connectivity index (χ0v) is 41.9. The second-order valence-electron chi connectivity index (χ2n) is 20.3. The molecule has 2 saturated heterocycles. The molecule has 3 fully saturated rings. The maximum absolute atomic E-state index is 14.6. The number of Topliss-reactive ketones (excluding diaryl/α,β-unsaturated/α-hetero) is 2. The Morgan fingerprint density at radius 1 is 0.956 bits per heavy atom. The quantitative estimate of drug-likeness (QED) is 0.136. The van der Waals surface area contributed by atoms with Crippen LogP contribution in [0.4, 0.5) is 0 Å². The predicted molar refractivity (Wildman–Crippen MR) is 259 cm³/mol. The van der Waals surface area contributed by atoms with Crippen molar-refractivity contribution < 1.29 is 57.8 Å². The highest BCUT2D eigenvalue weighted by Gasteiger charge is 2.56. The second kappa shape index (κ2) is 23.6. The Balaban J connectivity index is 1.31. The lowest BCUT2D eigenvalue weighted by atomic mass is 9.81. The van der Waals surface area contributed by atoms with E-state index in [4.69, 9.17) is 28.4 Å². The second-order valence-corrected chi connectivity index (χ2v) is 20.3. The summed E-state index contributed by atoms with van der Waals surface area (Å²) in [5.41, 5.74) is 2.79. The summed E-state index contributed by atoms with van der Waals surface area (Å²) in [5, 5.41) is 25.2. The first-order valence-corrected chi connectivity index (χ1v) is 24.9. The molecule has 1 saturated carbocycles. The van der Waals surface area contributed by atoms with Gasteiger partial charge in [0, 0.05) is 69.1 Å². The van der Waals surface area contributed by atoms with Crippen LogP contribution in [-0.2, 0) is 49.9 Å². The molecule has 0 spiro atoms. The van der Waals surface area contributed by atoms with Crippen LogP contribution in [0.1, 0.15) is 112 Å². The molecule has 2 bridgehead atoms. The Morgan fingerprint density at radius 3 is 2.40 bits per heavy atom. The summed E-state index contributed by atoms with van der Waals surface area (Å²) >= 11 is 0. The van der Waals surface area contributed by atoms with E-state index in [9.17, 15) is 29.4 Å². The minimum Gasteiger partial charge on any atom is -0.488 e. The van der Waals surface area contributed by atoms with Crippen molar-refractivity contribution in [1.29, 1.82) is 0 Å². The topological polar surface area (TPSA) is 172 Å². The lowest BCUT2D eigenvalue weighted by Crippen LogP contribution is -2.64. The van der Waals surface area contributed by atoms with Gasteiger partial charge in [-0.1, -0.05) is 51.5 Å². The number of rotatable bonds is 10. The van der Waals surface area contributed by atoms with Gasteiger partial charge in [0.05, 0.1) is 31.0 Å². The molecule has 14 unspecified atom stereocenters. The molecule has 1 aromatic carbocycles. The summed E-state index contributed by atoms with van der Waals surface area (Å²) < 4.78 is 39.5. The minimum absolute atomic E-state index is 0.0149. The van der Waals surface area contributed by atoms with Crippen LogP contribution in [0.2, 0.25) is 0 Å². The highest BCUT2D eigenvalue weighted by atomic mass is 16.7. The van der Waals surface area contributed by atoms with Gasteiger partial charge in [-0.3, -0.25) is 14.4 Å². The summed E-state index contributed by atoms with van der Waals surface area (Å²) in [7, 11) is 5.09. The van der Waals surface area contributed by atoms with Crippen LogP contribution in [0.3, 0.4) is 0 Å². The number of benzene rings is 1. The van der Waals surface area contributed by atoms with Gasteiger partial charge in [-0.05, 0) is 120 Å². The van der Waals surface area contributed by atoms with E-state index in [1.54, 1.807) is 19.9 Å². The van der Waals surface area contributed by atoms with Crippen LogP contribution in [0.5, 0.6) is 5.75 Å². The first-order valence-electron chi connectivity index (χ1n) is 24.9. The SMILES string of the molecule is C=CCOC1CC(C=C(C)C2OC(=O)C3CCCCN3C(=O)C(=O)C3(O)OC(C(OC)CC(C)C/C(C)=C/C(CC)C(=O)CC(O)C2C)C(OC)CC3C)CCC1Oc1ccc2c(ccn2C)c1. The molecule has 2 N–H and O–H groups in total. The molecule has 376 valence electrons. The number of fused-ring (bicyclic) bond motifs is 4. The summed E-state index contributed by atoms with van der Waals surface area (Å²) in [4.78, 5) is 58.7. The third-order valence-electron chi connectivity index (χ3n) is 15.1. The maximum Gasteiger partial charge on any atom is 0.329 e. The van der Waals surface area contributed by atoms with Crippen LogP contribution in [0, 0.1) is 29.6 Å². The lowest BCUT2D eigenvalue weighted by Gasteiger charge is -2.47. The zero-order valence-electron chi connectivity index (χ0n) is 41.9. The molecule has 14 atom stereocenters. The third kappa shape index (κ3) is 12.2. The fraction of sp³-hybridized carbons (Fsp3) is 0.667. The number of esters is 1. The van der Waals surface area contributed by atoms with Crippen LogP contribution in [0.25, 0.3) is 10.9 Å². The minimum atomic E-state index is -2.51. The van der Waals surface area contributed by atoms with Crippen LogP contribution >= 0.6 is 0 Å². The molecule has 4 aliphatic rings. The number of amides is 1. The smallest absolute Gasteiger partial charge is 0.329 e. The van der Waals surface area contributed by atoms with Gasteiger partial charge in [0.1, 0.15) is 35.9 Å². The first-order chi connectivity index (χ1) is 32.4. The number of allylic oxidation sites excluding steroid dienone is 3. The van der Waals surface area contributed by atoms with Crippen molar-refractivity contribution in [3.63, 3.8) is 0 Å². The Kier molecular flexibility index (Phi) is 18.5. The normalized spacial score (nSPS) is 36.3. The summed E-state index contributed by atoms with van der Waals surface area (Å²) in [6.07, 6.45) is 8.13. The van der Waals surface area contributed by atoms with Gasteiger partial charge >= 0.3 is 5.97 Å². The fourth-order valence-corrected chi connectivity index (χ4v) is 11.1. The van der Waals surface area contributed by atoms with Crippen LogP contribution < -0.4 is 4.74 Å². The molecular formula is C54H78N2O12. The number of aliphatic hydroxyl groups is 2. The van der Waals surface area contributed by atoms with Gasteiger partial charge in [-0.2, -0.15) is 0 Å². The molecule has 6 rings (SSSR count). The number of hydrogen-bond donors (Lipinski definition) is 2.